The third-order valence-electron chi connectivity index (χ3n) is 2.85. The van der Waals surface area contributed by atoms with Crippen LogP contribution >= 0.6 is 0 Å². The number of amides is 1. The number of nitrogens with one attached hydrogen (secondary N) is 1. The van der Waals surface area contributed by atoms with Crippen LogP contribution in [0.15, 0.2) is 0 Å². The molecule has 0 aliphatic heterocycles. The van der Waals surface area contributed by atoms with Gasteiger partial charge in [-0.1, -0.05) is 20.8 Å². The molecule has 2 unspecified atom stereocenters. The average molecular weight is 155 g/mol. The van der Waals surface area contributed by atoms with Crippen LogP contribution < -0.4 is 5.32 Å². The molecule has 0 bridgehead atoms. The maximum absolute atomic E-state index is 11.3. The maximum atomic E-state index is 11.3. The first-order chi connectivity index (χ1) is 5.02. The molecular weight excluding hydrogens is 138 g/mol. The zero-order valence-electron chi connectivity index (χ0n) is 7.77. The minimum atomic E-state index is -0.0527. The minimum Gasteiger partial charge on any atom is -0.359 e. The lowest BCUT2D eigenvalue weighted by Crippen LogP contribution is -2.28. The van der Waals surface area contributed by atoms with Gasteiger partial charge in [-0.25, -0.2) is 0 Å². The van der Waals surface area contributed by atoms with Gasteiger partial charge in [0.1, 0.15) is 0 Å². The molecule has 0 radical (unpaired) electrons. The van der Waals surface area contributed by atoms with E-state index < -0.39 is 0 Å². The highest BCUT2D eigenvalue weighted by Gasteiger charge is 2.56. The van der Waals surface area contributed by atoms with Crippen LogP contribution in [0, 0.1) is 17.3 Å². The molecule has 0 aromatic carbocycles. The van der Waals surface area contributed by atoms with Crippen molar-refractivity contribution in [2.75, 3.05) is 7.05 Å². The molecular formula is C9H17NO. The predicted octanol–water partition coefficient (Wildman–Crippen LogP) is 1.41. The Kier molecular flexibility index (Phi) is 1.95. The molecule has 1 saturated carbocycles. The lowest BCUT2D eigenvalue weighted by atomic mass is 9.98. The summed E-state index contributed by atoms with van der Waals surface area (Å²) < 4.78 is 0. The number of hydrogen-bond acceptors (Lipinski definition) is 1. The normalized spacial score (nSPS) is 35.5. The number of rotatable bonds is 2. The van der Waals surface area contributed by atoms with Crippen LogP contribution in [0.5, 0.6) is 0 Å². The molecule has 1 N–H and O–H groups in total. The summed E-state index contributed by atoms with van der Waals surface area (Å²) in [6, 6.07) is 0. The van der Waals surface area contributed by atoms with Crippen molar-refractivity contribution >= 4 is 5.91 Å². The Hall–Kier alpha value is -0.530. The van der Waals surface area contributed by atoms with Crippen molar-refractivity contribution in [2.24, 2.45) is 17.3 Å². The van der Waals surface area contributed by atoms with E-state index in [-0.39, 0.29) is 11.3 Å². The Morgan fingerprint density at radius 2 is 2.18 bits per heavy atom. The van der Waals surface area contributed by atoms with Gasteiger partial charge in [-0.15, -0.1) is 0 Å². The largest absolute Gasteiger partial charge is 0.359 e. The van der Waals surface area contributed by atoms with E-state index in [1.54, 1.807) is 7.05 Å². The fourth-order valence-electron chi connectivity index (χ4n) is 1.92. The van der Waals surface area contributed by atoms with E-state index in [2.05, 4.69) is 26.1 Å². The summed E-state index contributed by atoms with van der Waals surface area (Å²) in [5.74, 6) is 1.44. The van der Waals surface area contributed by atoms with Crippen molar-refractivity contribution in [1.82, 2.24) is 5.32 Å². The molecule has 64 valence electrons. The van der Waals surface area contributed by atoms with Gasteiger partial charge in [0, 0.05) is 12.5 Å². The fraction of sp³-hybridized carbons (Fsp3) is 0.889. The molecule has 0 saturated heterocycles. The second kappa shape index (κ2) is 2.50. The monoisotopic (exact) mass is 155 g/mol. The SMILES string of the molecule is CNC(=O)C1(C)CC1C(C)C. The summed E-state index contributed by atoms with van der Waals surface area (Å²) in [7, 11) is 1.71. The Bertz CT molecular complexity index is 176. The highest BCUT2D eigenvalue weighted by Crippen LogP contribution is 2.56. The van der Waals surface area contributed by atoms with E-state index in [0.717, 1.165) is 6.42 Å². The van der Waals surface area contributed by atoms with Gasteiger partial charge in [-0.2, -0.15) is 0 Å². The molecule has 0 aromatic heterocycles. The first-order valence-electron chi connectivity index (χ1n) is 4.24. The summed E-state index contributed by atoms with van der Waals surface area (Å²) in [6.07, 6.45) is 1.06. The first kappa shape index (κ1) is 8.57. The van der Waals surface area contributed by atoms with Gasteiger partial charge in [0.2, 0.25) is 5.91 Å². The van der Waals surface area contributed by atoms with Crippen LogP contribution in [-0.2, 0) is 4.79 Å². The fourth-order valence-corrected chi connectivity index (χ4v) is 1.92. The molecule has 11 heavy (non-hydrogen) atoms. The summed E-state index contributed by atoms with van der Waals surface area (Å²) in [5.41, 5.74) is -0.0527. The highest BCUT2D eigenvalue weighted by atomic mass is 16.2. The van der Waals surface area contributed by atoms with Gasteiger partial charge in [-0.05, 0) is 18.3 Å². The second-order valence-corrected chi connectivity index (χ2v) is 4.05. The third kappa shape index (κ3) is 1.26. The van der Waals surface area contributed by atoms with E-state index >= 15 is 0 Å². The Balaban J connectivity index is 2.55. The smallest absolute Gasteiger partial charge is 0.225 e. The maximum Gasteiger partial charge on any atom is 0.225 e. The van der Waals surface area contributed by atoms with Gasteiger partial charge in [0.05, 0.1) is 0 Å². The third-order valence-corrected chi connectivity index (χ3v) is 2.85. The van der Waals surface area contributed by atoms with Crippen molar-refractivity contribution in [3.05, 3.63) is 0 Å². The molecule has 1 fully saturated rings. The quantitative estimate of drug-likeness (QED) is 0.642. The molecule has 2 nitrogen and oxygen atoms in total. The molecule has 1 amide bonds. The van der Waals surface area contributed by atoms with Crippen molar-refractivity contribution in [3.63, 3.8) is 0 Å². The van der Waals surface area contributed by atoms with Crippen LogP contribution in [0.3, 0.4) is 0 Å². The van der Waals surface area contributed by atoms with Gasteiger partial charge in [0.25, 0.3) is 0 Å². The standard InChI is InChI=1S/C9H17NO/c1-6(2)7-5-9(7,3)8(11)10-4/h6-7H,5H2,1-4H3,(H,10,11). The van der Waals surface area contributed by atoms with Crippen LogP contribution in [0.1, 0.15) is 27.2 Å². The second-order valence-electron chi connectivity index (χ2n) is 4.05. The summed E-state index contributed by atoms with van der Waals surface area (Å²) in [4.78, 5) is 11.3. The number of hydrogen-bond donors (Lipinski definition) is 1. The molecule has 0 heterocycles. The Morgan fingerprint density at radius 1 is 1.64 bits per heavy atom. The lowest BCUT2D eigenvalue weighted by molar-refractivity contribution is -0.125. The van der Waals surface area contributed by atoms with Gasteiger partial charge in [-0.3, -0.25) is 4.79 Å². The molecule has 2 heteroatoms. The lowest BCUT2D eigenvalue weighted by Gasteiger charge is -2.10. The zero-order valence-corrected chi connectivity index (χ0v) is 7.77. The van der Waals surface area contributed by atoms with Crippen LogP contribution in [-0.4, -0.2) is 13.0 Å². The molecule has 0 aromatic rings. The van der Waals surface area contributed by atoms with Gasteiger partial charge in [0.15, 0.2) is 0 Å². The van der Waals surface area contributed by atoms with E-state index in [4.69, 9.17) is 0 Å². The van der Waals surface area contributed by atoms with Gasteiger partial charge < -0.3 is 5.32 Å². The molecule has 1 aliphatic rings. The Labute approximate surface area is 68.4 Å². The van der Waals surface area contributed by atoms with E-state index in [1.165, 1.54) is 0 Å². The Morgan fingerprint density at radius 3 is 2.45 bits per heavy atom. The molecule has 1 rings (SSSR count). The van der Waals surface area contributed by atoms with E-state index in [1.807, 2.05) is 0 Å². The topological polar surface area (TPSA) is 29.1 Å². The van der Waals surface area contributed by atoms with Crippen molar-refractivity contribution in [3.8, 4) is 0 Å². The van der Waals surface area contributed by atoms with Crippen molar-refractivity contribution < 1.29 is 4.79 Å². The van der Waals surface area contributed by atoms with E-state index in [9.17, 15) is 4.79 Å². The summed E-state index contributed by atoms with van der Waals surface area (Å²) >= 11 is 0. The van der Waals surface area contributed by atoms with E-state index in [0.29, 0.717) is 11.8 Å². The van der Waals surface area contributed by atoms with Crippen LogP contribution in [0.25, 0.3) is 0 Å². The molecule has 2 atom stereocenters. The van der Waals surface area contributed by atoms with Gasteiger partial charge >= 0.3 is 0 Å². The summed E-state index contributed by atoms with van der Waals surface area (Å²) in [6.45, 7) is 6.41. The minimum absolute atomic E-state index is 0.0527. The zero-order chi connectivity index (χ0) is 8.65. The van der Waals surface area contributed by atoms with Crippen LogP contribution in [0.4, 0.5) is 0 Å². The van der Waals surface area contributed by atoms with Crippen molar-refractivity contribution in [2.45, 2.75) is 27.2 Å². The average Bonchev–Trinajstić information content (AvgIpc) is 2.62. The van der Waals surface area contributed by atoms with Crippen LogP contribution in [0.2, 0.25) is 0 Å². The van der Waals surface area contributed by atoms with Crippen molar-refractivity contribution in [1.29, 1.82) is 0 Å². The highest BCUT2D eigenvalue weighted by molar-refractivity contribution is 5.85. The number of carbonyl (C=O) groups is 1. The predicted molar refractivity (Wildman–Crippen MR) is 45.1 cm³/mol. The summed E-state index contributed by atoms with van der Waals surface area (Å²) in [5, 5.41) is 2.71. The molecule has 1 aliphatic carbocycles. The first-order valence-corrected chi connectivity index (χ1v) is 4.24. The molecule has 0 spiro atoms. The number of carbonyl (C=O) groups excluding carboxylic acids is 1.